The topological polar surface area (TPSA) is 159 Å². The van der Waals surface area contributed by atoms with Crippen LogP contribution in [0.5, 0.6) is 5.75 Å². The molecule has 0 saturated heterocycles. The minimum absolute atomic E-state index is 0. The van der Waals surface area contributed by atoms with Crippen LogP contribution in [0.3, 0.4) is 0 Å². The summed E-state index contributed by atoms with van der Waals surface area (Å²) in [7, 11) is 0. The maximum absolute atomic E-state index is 10.5. The molecule has 0 aromatic heterocycles. The van der Waals surface area contributed by atoms with Crippen LogP contribution < -0.4 is 4.74 Å². The predicted octanol–water partition coefficient (Wildman–Crippen LogP) is -2.07. The fourth-order valence-corrected chi connectivity index (χ4v) is 1.69. The summed E-state index contributed by atoms with van der Waals surface area (Å²) in [6.45, 7) is -1.69. The summed E-state index contributed by atoms with van der Waals surface area (Å²) in [6, 6.07) is 8.08. The average molecular weight is 330 g/mol. The van der Waals surface area contributed by atoms with Crippen LogP contribution >= 0.6 is 0 Å². The number of Topliss-reactive ketones (excluding diaryl/α,β-unsaturated/α-hetero) is 1. The molecular formula is C15H22O8. The van der Waals surface area contributed by atoms with Gasteiger partial charge in [-0.15, -0.1) is 0 Å². The maximum Gasteiger partial charge on any atom is 0.189 e. The summed E-state index contributed by atoms with van der Waals surface area (Å²) >= 11 is 0. The minimum Gasteiger partial charge on any atom is -0.465 e. The Morgan fingerprint density at radius 3 is 2.39 bits per heavy atom. The van der Waals surface area contributed by atoms with Gasteiger partial charge in [-0.05, 0) is 24.1 Å². The molecule has 0 radical (unpaired) electrons. The summed E-state index contributed by atoms with van der Waals surface area (Å²) in [6.07, 6.45) is -0.469. The number of ether oxygens (including phenoxy) is 1. The molecule has 1 aliphatic rings. The highest BCUT2D eigenvalue weighted by Crippen LogP contribution is 2.21. The van der Waals surface area contributed by atoms with E-state index in [1.54, 1.807) is 6.26 Å². The molecule has 8 heteroatoms. The highest BCUT2D eigenvalue weighted by atomic mass is 16.5. The van der Waals surface area contributed by atoms with Gasteiger partial charge >= 0.3 is 0 Å². The van der Waals surface area contributed by atoms with Crippen molar-refractivity contribution in [3.63, 3.8) is 0 Å². The van der Waals surface area contributed by atoms with Gasteiger partial charge in [-0.3, -0.25) is 4.79 Å². The van der Waals surface area contributed by atoms with Crippen molar-refractivity contribution < 1.29 is 40.5 Å². The van der Waals surface area contributed by atoms with Crippen molar-refractivity contribution in [3.05, 3.63) is 42.2 Å². The van der Waals surface area contributed by atoms with Crippen molar-refractivity contribution >= 4 is 5.78 Å². The van der Waals surface area contributed by atoms with Gasteiger partial charge in [0.1, 0.15) is 30.7 Å². The van der Waals surface area contributed by atoms with E-state index in [1.807, 2.05) is 24.3 Å². The zero-order valence-corrected chi connectivity index (χ0v) is 12.4. The number of carbonyl (C=O) groups is 1. The van der Waals surface area contributed by atoms with E-state index in [9.17, 15) is 4.79 Å². The van der Waals surface area contributed by atoms with Crippen LogP contribution in [0.1, 0.15) is 5.56 Å². The number of hydrogen-bond acceptors (Lipinski definition) is 7. The molecule has 0 spiro atoms. The number of rotatable bonds is 5. The largest absolute Gasteiger partial charge is 0.465 e. The summed E-state index contributed by atoms with van der Waals surface area (Å²) in [4.78, 5) is 10.5. The minimum atomic E-state index is -1.86. The number of allylic oxidation sites excluding steroid dienone is 1. The molecule has 1 heterocycles. The first kappa shape index (κ1) is 21.2. The molecule has 1 aromatic rings. The third kappa shape index (κ3) is 6.45. The van der Waals surface area contributed by atoms with Gasteiger partial charge in [-0.2, -0.15) is 0 Å². The van der Waals surface area contributed by atoms with E-state index in [2.05, 4.69) is 6.07 Å². The molecule has 3 atom stereocenters. The molecule has 23 heavy (non-hydrogen) atoms. The van der Waals surface area contributed by atoms with Gasteiger partial charge in [0.2, 0.25) is 0 Å². The van der Waals surface area contributed by atoms with E-state index < -0.39 is 37.3 Å². The van der Waals surface area contributed by atoms with Gasteiger partial charge in [-0.1, -0.05) is 18.2 Å². The van der Waals surface area contributed by atoms with Crippen LogP contribution in [0.4, 0.5) is 0 Å². The van der Waals surface area contributed by atoms with Gasteiger partial charge in [0, 0.05) is 0 Å². The van der Waals surface area contributed by atoms with Crippen molar-refractivity contribution in [3.8, 4) is 5.75 Å². The first-order valence-electron chi connectivity index (χ1n) is 6.69. The summed E-state index contributed by atoms with van der Waals surface area (Å²) in [5.41, 5.74) is 1.27. The van der Waals surface area contributed by atoms with Crippen molar-refractivity contribution in [2.45, 2.75) is 24.7 Å². The van der Waals surface area contributed by atoms with Gasteiger partial charge in [0.05, 0.1) is 12.9 Å². The first-order chi connectivity index (χ1) is 10.5. The Bertz CT molecular complexity index is 475. The number of para-hydroxylation sites is 1. The Labute approximate surface area is 133 Å². The molecule has 2 rings (SSSR count). The maximum atomic E-state index is 10.5. The van der Waals surface area contributed by atoms with Gasteiger partial charge in [-0.25, -0.2) is 0 Å². The molecule has 0 unspecified atom stereocenters. The standard InChI is InChI=1S/C9H8O.C6H12O6.H2O/c1-2-6-9-8(4-1)5-3-7-10-9;7-1-3(9)5(11)6(12)4(10)2-8;/h1-4,6-7H,5H2;3,5-9,11-12H,1-2H2;1H2/t;3-,5+,6+;/m.1./s1. The van der Waals surface area contributed by atoms with Crippen LogP contribution in [0.15, 0.2) is 36.6 Å². The Morgan fingerprint density at radius 1 is 1.17 bits per heavy atom. The number of ketones is 1. The van der Waals surface area contributed by atoms with E-state index in [0.29, 0.717) is 0 Å². The lowest BCUT2D eigenvalue weighted by molar-refractivity contribution is -0.142. The van der Waals surface area contributed by atoms with Crippen LogP contribution in [-0.2, 0) is 11.2 Å². The zero-order chi connectivity index (χ0) is 16.5. The molecule has 8 nitrogen and oxygen atoms in total. The number of aliphatic hydroxyl groups excluding tert-OH is 5. The smallest absolute Gasteiger partial charge is 0.189 e. The van der Waals surface area contributed by atoms with E-state index in [1.165, 1.54) is 5.56 Å². The lowest BCUT2D eigenvalue weighted by Crippen LogP contribution is -2.44. The fourth-order valence-electron chi connectivity index (χ4n) is 1.69. The molecule has 0 bridgehead atoms. The molecule has 0 fully saturated rings. The summed E-state index contributed by atoms with van der Waals surface area (Å²) < 4.78 is 5.24. The molecule has 7 N–H and O–H groups in total. The quantitative estimate of drug-likeness (QED) is 0.415. The van der Waals surface area contributed by atoms with Gasteiger partial charge in [0.15, 0.2) is 5.78 Å². The average Bonchev–Trinajstić information content (AvgIpc) is 2.59. The second-order valence-corrected chi connectivity index (χ2v) is 4.61. The molecule has 1 aliphatic heterocycles. The second kappa shape index (κ2) is 10.8. The zero-order valence-electron chi connectivity index (χ0n) is 12.4. The van der Waals surface area contributed by atoms with Crippen molar-refractivity contribution in [1.29, 1.82) is 0 Å². The summed E-state index contributed by atoms with van der Waals surface area (Å²) in [5.74, 6) is -0.0139. The van der Waals surface area contributed by atoms with Crippen molar-refractivity contribution in [2.75, 3.05) is 13.2 Å². The van der Waals surface area contributed by atoms with Crippen LogP contribution in [0.25, 0.3) is 0 Å². The van der Waals surface area contributed by atoms with Crippen LogP contribution in [0.2, 0.25) is 0 Å². The SMILES string of the molecule is C1=COc2ccccc2C1.O.O=C(CO)[C@H](O)[C@@H](O)[C@H](O)CO. The monoisotopic (exact) mass is 330 g/mol. The Kier molecular flexibility index (Phi) is 9.99. The number of hydrogen-bond donors (Lipinski definition) is 5. The van der Waals surface area contributed by atoms with Crippen molar-refractivity contribution in [2.24, 2.45) is 0 Å². The van der Waals surface area contributed by atoms with Crippen LogP contribution in [0, 0.1) is 0 Å². The normalized spacial score (nSPS) is 15.7. The number of aliphatic hydroxyl groups is 5. The third-order valence-corrected chi connectivity index (χ3v) is 2.99. The van der Waals surface area contributed by atoms with Gasteiger partial charge < -0.3 is 35.7 Å². The van der Waals surface area contributed by atoms with E-state index in [4.69, 9.17) is 30.3 Å². The molecule has 0 aliphatic carbocycles. The van der Waals surface area contributed by atoms with E-state index >= 15 is 0 Å². The molecule has 0 saturated carbocycles. The molecular weight excluding hydrogens is 308 g/mol. The Morgan fingerprint density at radius 2 is 1.83 bits per heavy atom. The number of carbonyl (C=O) groups excluding carboxylic acids is 1. The lowest BCUT2D eigenvalue weighted by atomic mass is 10.1. The predicted molar refractivity (Wildman–Crippen MR) is 80.7 cm³/mol. The van der Waals surface area contributed by atoms with Gasteiger partial charge in [0.25, 0.3) is 0 Å². The van der Waals surface area contributed by atoms with E-state index in [0.717, 1.165) is 12.2 Å². The highest BCUT2D eigenvalue weighted by Gasteiger charge is 2.28. The molecule has 130 valence electrons. The Hall–Kier alpha value is -1.81. The lowest BCUT2D eigenvalue weighted by Gasteiger charge is -2.19. The van der Waals surface area contributed by atoms with E-state index in [-0.39, 0.29) is 5.48 Å². The highest BCUT2D eigenvalue weighted by molar-refractivity contribution is 5.84. The van der Waals surface area contributed by atoms with Crippen LogP contribution in [-0.4, -0.2) is 68.3 Å². The summed E-state index contributed by atoms with van der Waals surface area (Å²) in [5, 5.41) is 43.1. The van der Waals surface area contributed by atoms with Crippen molar-refractivity contribution in [1.82, 2.24) is 0 Å². The number of benzene rings is 1. The second-order valence-electron chi connectivity index (χ2n) is 4.61. The number of fused-ring (bicyclic) bond motifs is 1. The fraction of sp³-hybridized carbons (Fsp3) is 0.400. The third-order valence-electron chi connectivity index (χ3n) is 2.99. The molecule has 0 amide bonds. The Balaban J connectivity index is 0.000000406. The first-order valence-corrected chi connectivity index (χ1v) is 6.69. The molecule has 1 aromatic carbocycles.